The summed E-state index contributed by atoms with van der Waals surface area (Å²) in [6, 6.07) is 9.06. The highest BCUT2D eigenvalue weighted by Crippen LogP contribution is 2.37. The van der Waals surface area contributed by atoms with Crippen LogP contribution >= 0.6 is 0 Å². The van der Waals surface area contributed by atoms with E-state index in [-0.39, 0.29) is 51.3 Å². The van der Waals surface area contributed by atoms with E-state index in [9.17, 15) is 22.4 Å². The molecule has 3 aromatic rings. The van der Waals surface area contributed by atoms with Crippen molar-refractivity contribution < 1.29 is 35.5 Å². The van der Waals surface area contributed by atoms with Crippen molar-refractivity contribution >= 4 is 15.7 Å². The summed E-state index contributed by atoms with van der Waals surface area (Å²) in [5, 5.41) is 12.6. The fourth-order valence-electron chi connectivity index (χ4n) is 2.80. The molecule has 7 nitrogen and oxygen atoms in total. The fraction of sp³-hybridized carbons (Fsp3) is 0.227. The van der Waals surface area contributed by atoms with E-state index >= 15 is 0 Å². The van der Waals surface area contributed by atoms with Crippen molar-refractivity contribution in [1.29, 1.82) is 0 Å². The molecule has 1 N–H and O–H groups in total. The summed E-state index contributed by atoms with van der Waals surface area (Å²) in [4.78, 5) is 0. The zero-order chi connectivity index (χ0) is 26.0. The van der Waals surface area contributed by atoms with Gasteiger partial charge in [-0.1, -0.05) is 0 Å². The molecule has 3 rings (SSSR count). The number of nitrogens with zero attached hydrogens (tertiary/aromatic N) is 1. The number of aromatic nitrogens is 1. The summed E-state index contributed by atoms with van der Waals surface area (Å²) in [6.07, 6.45) is 0. The highest BCUT2D eigenvalue weighted by atomic mass is 32.2. The Balaban J connectivity index is 2.24. The number of benzene rings is 2. The standard InChI is InChI=1S/C22H22F2N2O5S/c1-4-30-22-11-15(10-14(3)26(22)27)18-13-17(25-32(28,29)5-2)7-9-20(18)31-21-8-6-16(23)12-19(21)24/h6-13,25H,4-5H2,1-3H3/i3D3. The molecule has 170 valence electrons. The minimum Gasteiger partial charge on any atom is -0.616 e. The van der Waals surface area contributed by atoms with Crippen LogP contribution in [0, 0.1) is 23.7 Å². The zero-order valence-corrected chi connectivity index (χ0v) is 18.0. The number of aryl methyl sites for hydroxylation is 1. The van der Waals surface area contributed by atoms with E-state index in [1.54, 1.807) is 6.92 Å². The van der Waals surface area contributed by atoms with Crippen molar-refractivity contribution in [2.75, 3.05) is 17.1 Å². The van der Waals surface area contributed by atoms with Crippen molar-refractivity contribution in [2.24, 2.45) is 0 Å². The first-order valence-electron chi connectivity index (χ1n) is 11.0. The quantitative estimate of drug-likeness (QED) is 0.388. The molecule has 0 bridgehead atoms. The number of nitrogens with one attached hydrogen (secondary N) is 1. The van der Waals surface area contributed by atoms with E-state index < -0.39 is 34.2 Å². The van der Waals surface area contributed by atoms with Crippen molar-refractivity contribution in [3.05, 3.63) is 71.1 Å². The maximum Gasteiger partial charge on any atom is 0.380 e. The van der Waals surface area contributed by atoms with Gasteiger partial charge in [-0.3, -0.25) is 4.72 Å². The summed E-state index contributed by atoms with van der Waals surface area (Å²) in [5.74, 6) is -2.67. The molecule has 1 heterocycles. The van der Waals surface area contributed by atoms with Gasteiger partial charge in [-0.15, -0.1) is 4.73 Å². The van der Waals surface area contributed by atoms with Crippen molar-refractivity contribution in [2.45, 2.75) is 20.7 Å². The summed E-state index contributed by atoms with van der Waals surface area (Å²) in [6.45, 7) is 0.300. The fourth-order valence-corrected chi connectivity index (χ4v) is 3.43. The summed E-state index contributed by atoms with van der Waals surface area (Å²) >= 11 is 0. The highest BCUT2D eigenvalue weighted by molar-refractivity contribution is 7.92. The lowest BCUT2D eigenvalue weighted by Gasteiger charge is -2.16. The third-order valence-corrected chi connectivity index (χ3v) is 5.65. The number of rotatable bonds is 8. The number of pyridine rings is 1. The average Bonchev–Trinajstić information content (AvgIpc) is 2.77. The van der Waals surface area contributed by atoms with Crippen LogP contribution in [0.3, 0.4) is 0 Å². The Morgan fingerprint density at radius 3 is 2.50 bits per heavy atom. The highest BCUT2D eigenvalue weighted by Gasteiger charge is 2.19. The SMILES string of the molecule is [2H]C([2H])([2H])c1cc(-c2cc(NS(=O)(=O)CC)ccc2Oc2ccc(F)cc2F)cc(OCC)[n+]1[O-]. The first-order chi connectivity index (χ1) is 16.3. The normalized spacial score (nSPS) is 13.1. The Bertz CT molecular complexity index is 1350. The van der Waals surface area contributed by atoms with E-state index in [4.69, 9.17) is 13.6 Å². The molecule has 0 saturated carbocycles. The van der Waals surface area contributed by atoms with Crippen LogP contribution in [-0.4, -0.2) is 20.8 Å². The van der Waals surface area contributed by atoms with Gasteiger partial charge in [0.2, 0.25) is 10.0 Å². The first kappa shape index (κ1) is 19.3. The first-order valence-corrected chi connectivity index (χ1v) is 11.2. The second-order valence-electron chi connectivity index (χ2n) is 6.59. The van der Waals surface area contributed by atoms with Crippen LogP contribution < -0.4 is 18.9 Å². The number of halogens is 2. The van der Waals surface area contributed by atoms with E-state index in [1.807, 2.05) is 0 Å². The lowest BCUT2D eigenvalue weighted by Crippen LogP contribution is -2.32. The molecule has 0 atom stereocenters. The van der Waals surface area contributed by atoms with Gasteiger partial charge < -0.3 is 14.7 Å². The zero-order valence-electron chi connectivity index (χ0n) is 20.2. The summed E-state index contributed by atoms with van der Waals surface area (Å²) in [7, 11) is -3.67. The van der Waals surface area contributed by atoms with Crippen molar-refractivity contribution in [3.8, 4) is 28.5 Å². The Hall–Kier alpha value is -3.40. The minimum absolute atomic E-state index is 0.0162. The number of hydrogen-bond acceptors (Lipinski definition) is 5. The Morgan fingerprint density at radius 1 is 1.09 bits per heavy atom. The van der Waals surface area contributed by atoms with Gasteiger partial charge in [0.25, 0.3) is 0 Å². The van der Waals surface area contributed by atoms with E-state index in [0.29, 0.717) is 6.07 Å². The molecule has 32 heavy (non-hydrogen) atoms. The smallest absolute Gasteiger partial charge is 0.380 e. The van der Waals surface area contributed by atoms with Gasteiger partial charge in [0.1, 0.15) is 11.6 Å². The molecule has 0 aliphatic carbocycles. The Kier molecular flexibility index (Phi) is 5.66. The lowest BCUT2D eigenvalue weighted by atomic mass is 10.0. The molecular formula is C22H22F2N2O5S. The summed E-state index contributed by atoms with van der Waals surface area (Å²) in [5.41, 5.74) is -0.239. The molecular weight excluding hydrogens is 442 g/mol. The second kappa shape index (κ2) is 9.39. The molecule has 0 unspecified atom stereocenters. The van der Waals surface area contributed by atoms with Crippen LogP contribution in [0.2, 0.25) is 0 Å². The molecule has 1 aromatic heterocycles. The Labute approximate surface area is 189 Å². The van der Waals surface area contributed by atoms with Crippen molar-refractivity contribution in [1.82, 2.24) is 0 Å². The maximum atomic E-state index is 14.3. The van der Waals surface area contributed by atoms with Gasteiger partial charge in [0.05, 0.1) is 18.4 Å². The topological polar surface area (TPSA) is 91.6 Å². The van der Waals surface area contributed by atoms with Crippen LogP contribution in [-0.2, 0) is 10.0 Å². The predicted octanol–water partition coefficient (Wildman–Crippen LogP) is 4.53. The van der Waals surface area contributed by atoms with Crippen LogP contribution in [0.5, 0.6) is 17.4 Å². The average molecular weight is 468 g/mol. The third kappa shape index (κ3) is 5.25. The van der Waals surface area contributed by atoms with Crippen molar-refractivity contribution in [3.63, 3.8) is 0 Å². The Morgan fingerprint density at radius 2 is 1.84 bits per heavy atom. The van der Waals surface area contributed by atoms with Gasteiger partial charge in [0.15, 0.2) is 17.3 Å². The lowest BCUT2D eigenvalue weighted by molar-refractivity contribution is -0.619. The van der Waals surface area contributed by atoms with Gasteiger partial charge in [-0.05, 0) is 44.2 Å². The van der Waals surface area contributed by atoms with Gasteiger partial charge in [0, 0.05) is 39.9 Å². The maximum absolute atomic E-state index is 14.3. The predicted molar refractivity (Wildman–Crippen MR) is 116 cm³/mol. The molecule has 0 aliphatic heterocycles. The number of sulfonamides is 1. The monoisotopic (exact) mass is 467 g/mol. The van der Waals surface area contributed by atoms with Crippen LogP contribution in [0.25, 0.3) is 11.1 Å². The molecule has 0 aliphatic rings. The molecule has 0 radical (unpaired) electrons. The largest absolute Gasteiger partial charge is 0.616 e. The number of ether oxygens (including phenoxy) is 2. The van der Waals surface area contributed by atoms with Gasteiger partial charge >= 0.3 is 5.88 Å². The van der Waals surface area contributed by atoms with Crippen LogP contribution in [0.15, 0.2) is 48.5 Å². The third-order valence-electron chi connectivity index (χ3n) is 4.34. The molecule has 0 amide bonds. The molecule has 10 heteroatoms. The molecule has 0 saturated heterocycles. The summed E-state index contributed by atoms with van der Waals surface area (Å²) < 4.78 is 88.3. The van der Waals surface area contributed by atoms with Gasteiger partial charge in [-0.25, -0.2) is 17.2 Å². The number of anilines is 1. The molecule has 0 fully saturated rings. The van der Waals surface area contributed by atoms with Gasteiger partial charge in [-0.2, -0.15) is 0 Å². The van der Waals surface area contributed by atoms with Crippen LogP contribution in [0.4, 0.5) is 14.5 Å². The van der Waals surface area contributed by atoms with Crippen LogP contribution in [0.1, 0.15) is 23.7 Å². The second-order valence-corrected chi connectivity index (χ2v) is 8.60. The minimum atomic E-state index is -3.67. The van der Waals surface area contributed by atoms with E-state index in [2.05, 4.69) is 4.72 Å². The van der Waals surface area contributed by atoms with E-state index in [0.717, 1.165) is 18.2 Å². The van der Waals surface area contributed by atoms with E-state index in [1.165, 1.54) is 31.2 Å². The number of hydrogen-bond donors (Lipinski definition) is 1. The molecule has 2 aromatic carbocycles. The molecule has 0 spiro atoms.